The fourth-order valence-electron chi connectivity index (χ4n) is 3.01. The van der Waals surface area contributed by atoms with Crippen molar-refractivity contribution in [1.82, 2.24) is 9.55 Å². The Bertz CT molecular complexity index is 1310. The number of hydrogen-bond acceptors (Lipinski definition) is 4. The normalized spacial score (nSPS) is 11.2. The smallest absolute Gasteiger partial charge is 0.268 e. The van der Waals surface area contributed by atoms with Crippen molar-refractivity contribution in [1.29, 1.82) is 0 Å². The Balaban J connectivity index is 1.90. The molecule has 0 saturated carbocycles. The average Bonchev–Trinajstić information content (AvgIpc) is 2.73. The lowest BCUT2D eigenvalue weighted by Gasteiger charge is -2.11. The van der Waals surface area contributed by atoms with Gasteiger partial charge in [-0.05, 0) is 48.0 Å². The van der Waals surface area contributed by atoms with Gasteiger partial charge in [0, 0.05) is 17.2 Å². The van der Waals surface area contributed by atoms with Crippen molar-refractivity contribution in [2.24, 2.45) is 0 Å². The second kappa shape index (κ2) is 7.69. The second-order valence-corrected chi connectivity index (χ2v) is 6.73. The van der Waals surface area contributed by atoms with Crippen molar-refractivity contribution < 1.29 is 4.92 Å². The van der Waals surface area contributed by atoms with Crippen LogP contribution < -0.4 is 5.56 Å². The van der Waals surface area contributed by atoms with E-state index in [1.165, 1.54) is 16.7 Å². The van der Waals surface area contributed by atoms with Gasteiger partial charge in [-0.2, -0.15) is 0 Å². The van der Waals surface area contributed by atoms with Crippen LogP contribution in [0.4, 0.5) is 5.69 Å². The monoisotopic (exact) mass is 403 g/mol. The summed E-state index contributed by atoms with van der Waals surface area (Å²) in [5, 5.41) is 12.1. The fourth-order valence-corrected chi connectivity index (χ4v) is 3.14. The molecule has 0 aliphatic rings. The van der Waals surface area contributed by atoms with Crippen LogP contribution in [0.1, 0.15) is 11.4 Å². The molecule has 0 saturated heterocycles. The zero-order valence-electron chi connectivity index (χ0n) is 15.0. The number of nitro benzene ring substituents is 1. The van der Waals surface area contributed by atoms with Crippen LogP contribution >= 0.6 is 11.6 Å². The number of nitrogens with zero attached hydrogens (tertiary/aromatic N) is 3. The van der Waals surface area contributed by atoms with E-state index in [-0.39, 0.29) is 11.2 Å². The molecule has 0 aliphatic heterocycles. The number of para-hydroxylation sites is 1. The van der Waals surface area contributed by atoms with Crippen LogP contribution in [0, 0.1) is 10.1 Å². The third-order valence-corrected chi connectivity index (χ3v) is 4.64. The maximum Gasteiger partial charge on any atom is 0.270 e. The molecule has 0 spiro atoms. The molecule has 4 rings (SSSR count). The van der Waals surface area contributed by atoms with Crippen molar-refractivity contribution in [2.45, 2.75) is 0 Å². The largest absolute Gasteiger partial charge is 0.270 e. The molecule has 3 aromatic carbocycles. The van der Waals surface area contributed by atoms with Gasteiger partial charge >= 0.3 is 0 Å². The highest BCUT2D eigenvalue weighted by atomic mass is 35.5. The van der Waals surface area contributed by atoms with Crippen LogP contribution in [0.15, 0.2) is 77.6 Å². The van der Waals surface area contributed by atoms with E-state index in [0.29, 0.717) is 33.0 Å². The summed E-state index contributed by atoms with van der Waals surface area (Å²) < 4.78 is 1.49. The van der Waals surface area contributed by atoms with Gasteiger partial charge in [0.05, 0.1) is 21.5 Å². The molecule has 7 heteroatoms. The van der Waals surface area contributed by atoms with Crippen molar-refractivity contribution in [3.8, 4) is 5.69 Å². The zero-order valence-corrected chi connectivity index (χ0v) is 15.8. The maximum absolute atomic E-state index is 13.2. The molecule has 0 atom stereocenters. The molecule has 0 aliphatic carbocycles. The number of halogens is 1. The van der Waals surface area contributed by atoms with Crippen molar-refractivity contribution in [2.75, 3.05) is 0 Å². The predicted octanol–water partition coefficient (Wildman–Crippen LogP) is 5.12. The highest BCUT2D eigenvalue weighted by Gasteiger charge is 2.11. The minimum Gasteiger partial charge on any atom is -0.268 e. The van der Waals surface area contributed by atoms with Crippen LogP contribution in [0.5, 0.6) is 0 Å². The summed E-state index contributed by atoms with van der Waals surface area (Å²) in [5.74, 6) is 0.405. The van der Waals surface area contributed by atoms with E-state index in [9.17, 15) is 14.9 Å². The number of fused-ring (bicyclic) bond motifs is 1. The number of nitro groups is 1. The SMILES string of the molecule is O=c1c2ccccc2nc(C=Cc2cccc([N+](=O)[O-])c2)n1-c1ccc(Cl)cc1. The summed E-state index contributed by atoms with van der Waals surface area (Å²) in [7, 11) is 0. The van der Waals surface area contributed by atoms with Gasteiger partial charge < -0.3 is 0 Å². The zero-order chi connectivity index (χ0) is 20.4. The molecule has 142 valence electrons. The molecular formula is C22H14ClN3O3. The minimum absolute atomic E-state index is 0.00582. The van der Waals surface area contributed by atoms with Crippen molar-refractivity contribution in [3.05, 3.63) is 110 Å². The van der Waals surface area contributed by atoms with Gasteiger partial charge in [0.1, 0.15) is 5.82 Å². The van der Waals surface area contributed by atoms with Crippen LogP contribution in [-0.4, -0.2) is 14.5 Å². The molecule has 4 aromatic rings. The van der Waals surface area contributed by atoms with E-state index in [1.54, 1.807) is 66.7 Å². The first kappa shape index (κ1) is 18.6. The molecule has 0 unspecified atom stereocenters. The van der Waals surface area contributed by atoms with Crippen LogP contribution in [-0.2, 0) is 0 Å². The van der Waals surface area contributed by atoms with Crippen molar-refractivity contribution in [3.63, 3.8) is 0 Å². The summed E-state index contributed by atoms with van der Waals surface area (Å²) in [6, 6.07) is 20.2. The summed E-state index contributed by atoms with van der Waals surface area (Å²) in [4.78, 5) is 28.3. The lowest BCUT2D eigenvalue weighted by atomic mass is 10.2. The molecule has 1 aromatic heterocycles. The standard InChI is InChI=1S/C22H14ClN3O3/c23-16-9-11-17(12-10-16)25-21(24-20-7-2-1-6-19(20)22(25)27)13-8-15-4-3-5-18(14-15)26(28)29/h1-14H. The second-order valence-electron chi connectivity index (χ2n) is 6.29. The topological polar surface area (TPSA) is 78.0 Å². The van der Waals surface area contributed by atoms with Gasteiger partial charge in [-0.3, -0.25) is 19.5 Å². The van der Waals surface area contributed by atoms with E-state index < -0.39 is 4.92 Å². The molecule has 0 radical (unpaired) electrons. The molecule has 0 amide bonds. The summed E-state index contributed by atoms with van der Waals surface area (Å²) in [6.07, 6.45) is 3.36. The highest BCUT2D eigenvalue weighted by molar-refractivity contribution is 6.30. The predicted molar refractivity (Wildman–Crippen MR) is 114 cm³/mol. The van der Waals surface area contributed by atoms with E-state index in [4.69, 9.17) is 11.6 Å². The highest BCUT2D eigenvalue weighted by Crippen LogP contribution is 2.19. The van der Waals surface area contributed by atoms with E-state index >= 15 is 0 Å². The van der Waals surface area contributed by atoms with Crippen LogP contribution in [0.2, 0.25) is 5.02 Å². The summed E-state index contributed by atoms with van der Waals surface area (Å²) >= 11 is 5.98. The molecule has 0 N–H and O–H groups in total. The van der Waals surface area contributed by atoms with E-state index in [0.717, 1.165) is 0 Å². The Morgan fingerprint density at radius 3 is 2.48 bits per heavy atom. The van der Waals surface area contributed by atoms with E-state index in [1.807, 2.05) is 6.07 Å². The molecule has 0 fully saturated rings. The van der Waals surface area contributed by atoms with E-state index in [2.05, 4.69) is 4.98 Å². The van der Waals surface area contributed by atoms with Gasteiger partial charge in [0.2, 0.25) is 0 Å². The average molecular weight is 404 g/mol. The summed E-state index contributed by atoms with van der Waals surface area (Å²) in [5.41, 5.74) is 1.60. The summed E-state index contributed by atoms with van der Waals surface area (Å²) in [6.45, 7) is 0. The first-order valence-corrected chi connectivity index (χ1v) is 9.11. The first-order valence-electron chi connectivity index (χ1n) is 8.73. The lowest BCUT2D eigenvalue weighted by Crippen LogP contribution is -2.22. The lowest BCUT2D eigenvalue weighted by molar-refractivity contribution is -0.384. The molecular weight excluding hydrogens is 390 g/mol. The van der Waals surface area contributed by atoms with Gasteiger partial charge in [0.25, 0.3) is 11.2 Å². The fraction of sp³-hybridized carbons (Fsp3) is 0. The molecule has 6 nitrogen and oxygen atoms in total. The van der Waals surface area contributed by atoms with Crippen molar-refractivity contribution >= 4 is 40.3 Å². The third-order valence-electron chi connectivity index (χ3n) is 4.39. The number of aromatic nitrogens is 2. The van der Waals surface area contributed by atoms with Gasteiger partial charge in [-0.15, -0.1) is 0 Å². The maximum atomic E-state index is 13.2. The number of non-ortho nitro benzene ring substituents is 1. The van der Waals surface area contributed by atoms with Crippen LogP contribution in [0.25, 0.3) is 28.7 Å². The molecule has 29 heavy (non-hydrogen) atoms. The Morgan fingerprint density at radius 1 is 0.966 bits per heavy atom. The minimum atomic E-state index is -0.449. The quantitative estimate of drug-likeness (QED) is 0.350. The van der Waals surface area contributed by atoms with Crippen LogP contribution in [0.3, 0.4) is 0 Å². The number of hydrogen-bond donors (Lipinski definition) is 0. The molecule has 1 heterocycles. The van der Waals surface area contributed by atoms with Gasteiger partial charge in [0.15, 0.2) is 0 Å². The number of benzene rings is 3. The van der Waals surface area contributed by atoms with Gasteiger partial charge in [-0.25, -0.2) is 4.98 Å². The van der Waals surface area contributed by atoms with Gasteiger partial charge in [-0.1, -0.05) is 41.9 Å². The first-order chi connectivity index (χ1) is 14.0. The third kappa shape index (κ3) is 3.79. The Morgan fingerprint density at radius 2 is 1.72 bits per heavy atom. The Hall–Kier alpha value is -3.77. The molecule has 0 bridgehead atoms. The Kier molecular flexibility index (Phi) is 4.93. The Labute approximate surface area is 170 Å². The number of rotatable bonds is 4.